The van der Waals surface area contributed by atoms with Crippen LogP contribution in [0.1, 0.15) is 78.2 Å². The highest BCUT2D eigenvalue weighted by molar-refractivity contribution is 6.04. The van der Waals surface area contributed by atoms with Gasteiger partial charge in [0, 0.05) is 64.2 Å². The van der Waals surface area contributed by atoms with Crippen molar-refractivity contribution in [2.75, 3.05) is 56.4 Å². The van der Waals surface area contributed by atoms with E-state index in [0.717, 1.165) is 38.2 Å². The first kappa shape index (κ1) is 35.6. The van der Waals surface area contributed by atoms with Gasteiger partial charge < -0.3 is 29.3 Å². The number of hydrogen-bond donors (Lipinski definition) is 1. The molecule has 0 bridgehead atoms. The normalized spacial score (nSPS) is 20.9. The molecule has 2 amide bonds. The Bertz CT molecular complexity index is 1310. The van der Waals surface area contributed by atoms with Crippen LogP contribution in [0.3, 0.4) is 0 Å². The number of amides is 2. The van der Waals surface area contributed by atoms with E-state index in [4.69, 9.17) is 14.2 Å². The molecule has 9 heteroatoms. The lowest BCUT2D eigenvalue weighted by Crippen LogP contribution is -2.53. The zero-order chi connectivity index (χ0) is 33.3. The Labute approximate surface area is 274 Å². The Morgan fingerprint density at radius 2 is 1.80 bits per heavy atom. The zero-order valence-electron chi connectivity index (χ0n) is 28.6. The lowest BCUT2D eigenvalue weighted by atomic mass is 9.87. The molecule has 0 spiro atoms. The number of methoxy groups -OCH3 is 1. The smallest absolute Gasteiger partial charge is 0.270 e. The summed E-state index contributed by atoms with van der Waals surface area (Å²) in [7, 11) is 1.65. The van der Waals surface area contributed by atoms with Gasteiger partial charge in [-0.25, -0.2) is 0 Å². The summed E-state index contributed by atoms with van der Waals surface area (Å²) < 4.78 is 16.5. The van der Waals surface area contributed by atoms with Crippen molar-refractivity contribution < 1.29 is 28.6 Å². The van der Waals surface area contributed by atoms with E-state index in [2.05, 4.69) is 42.6 Å². The van der Waals surface area contributed by atoms with Gasteiger partial charge in [0.1, 0.15) is 11.5 Å². The number of fused-ring (bicyclic) bond motifs is 1. The topological polar surface area (TPSA) is 97.4 Å². The van der Waals surface area contributed by atoms with Crippen LogP contribution in [0.4, 0.5) is 11.4 Å². The summed E-state index contributed by atoms with van der Waals surface area (Å²) in [6.07, 6.45) is 4.30. The van der Waals surface area contributed by atoms with Gasteiger partial charge in [-0.15, -0.1) is 0 Å². The SMILES string of the molecule is CCOCCC(C)c1ccccc1.COCCCN1C(=O)C(C)(C)Oc2ccc(N(C(=O)C3CNCC(C(C)=O)C3)C3CC3)cc21. The molecular formula is C37H53N3O6. The number of nitrogens with one attached hydrogen (secondary N) is 1. The van der Waals surface area contributed by atoms with Crippen molar-refractivity contribution >= 4 is 29.0 Å². The molecule has 1 saturated heterocycles. The number of carbonyl (C=O) groups excluding carboxylic acids is 3. The van der Waals surface area contributed by atoms with Crippen LogP contribution in [0.5, 0.6) is 5.75 Å². The molecule has 1 saturated carbocycles. The van der Waals surface area contributed by atoms with Gasteiger partial charge in [-0.2, -0.15) is 0 Å². The molecule has 2 fully saturated rings. The van der Waals surface area contributed by atoms with E-state index in [1.165, 1.54) is 5.56 Å². The predicted molar refractivity (Wildman–Crippen MR) is 182 cm³/mol. The van der Waals surface area contributed by atoms with Gasteiger partial charge in [-0.3, -0.25) is 14.4 Å². The van der Waals surface area contributed by atoms with Crippen LogP contribution >= 0.6 is 0 Å². The molecule has 3 atom stereocenters. The monoisotopic (exact) mass is 635 g/mol. The molecule has 0 radical (unpaired) electrons. The minimum absolute atomic E-state index is 0.0465. The van der Waals surface area contributed by atoms with Gasteiger partial charge in [-0.05, 0) is 89.5 Å². The standard InChI is InChI=1S/C25H35N3O5.C12H18O/c1-16(29)17-12-18(15-26-14-17)23(30)28(19-6-7-19)20-8-9-22-21(13-20)27(10-5-11-32-4)24(31)25(2,3)33-22;1-3-13-10-9-11(2)12-7-5-4-6-8-12/h8-9,13,17-19,26H,5-7,10-12,14-15H2,1-4H3;4-8,11H,3,9-10H2,1-2H3. The van der Waals surface area contributed by atoms with Gasteiger partial charge in [0.25, 0.3) is 5.91 Å². The summed E-state index contributed by atoms with van der Waals surface area (Å²) >= 11 is 0. The van der Waals surface area contributed by atoms with E-state index in [1.807, 2.05) is 30.0 Å². The number of ketones is 1. The summed E-state index contributed by atoms with van der Waals surface area (Å²) in [5.74, 6) is 0.948. The van der Waals surface area contributed by atoms with E-state index in [-0.39, 0.29) is 35.5 Å². The molecule has 1 aliphatic carbocycles. The largest absolute Gasteiger partial charge is 0.476 e. The first-order valence-electron chi connectivity index (χ1n) is 16.9. The molecule has 252 valence electrons. The molecule has 9 nitrogen and oxygen atoms in total. The molecule has 3 aliphatic rings. The quantitative estimate of drug-likeness (QED) is 0.280. The number of carbonyl (C=O) groups is 3. The van der Waals surface area contributed by atoms with Crippen LogP contribution in [-0.4, -0.2) is 75.8 Å². The fourth-order valence-corrected chi connectivity index (χ4v) is 6.13. The minimum atomic E-state index is -0.955. The Kier molecular flexibility index (Phi) is 12.8. The fraction of sp³-hybridized carbons (Fsp3) is 0.595. The maximum Gasteiger partial charge on any atom is 0.270 e. The van der Waals surface area contributed by atoms with E-state index < -0.39 is 5.60 Å². The summed E-state index contributed by atoms with van der Waals surface area (Å²) in [5, 5.41) is 3.26. The predicted octanol–water partition coefficient (Wildman–Crippen LogP) is 5.75. The van der Waals surface area contributed by atoms with E-state index >= 15 is 0 Å². The number of rotatable bonds is 13. The van der Waals surface area contributed by atoms with Crippen LogP contribution in [-0.2, 0) is 23.9 Å². The Morgan fingerprint density at radius 3 is 2.46 bits per heavy atom. The van der Waals surface area contributed by atoms with Gasteiger partial charge in [-0.1, -0.05) is 37.3 Å². The highest BCUT2D eigenvalue weighted by Crippen LogP contribution is 2.43. The van der Waals surface area contributed by atoms with E-state index in [1.54, 1.807) is 32.8 Å². The first-order valence-corrected chi connectivity index (χ1v) is 16.9. The van der Waals surface area contributed by atoms with Crippen LogP contribution < -0.4 is 19.9 Å². The van der Waals surface area contributed by atoms with Gasteiger partial charge >= 0.3 is 0 Å². The number of ether oxygens (including phenoxy) is 3. The molecule has 46 heavy (non-hydrogen) atoms. The van der Waals surface area contributed by atoms with Crippen LogP contribution in [0.15, 0.2) is 48.5 Å². The molecule has 0 aromatic heterocycles. The lowest BCUT2D eigenvalue weighted by Gasteiger charge is -2.39. The van der Waals surface area contributed by atoms with Crippen molar-refractivity contribution in [2.24, 2.45) is 11.8 Å². The first-order chi connectivity index (χ1) is 22.1. The van der Waals surface area contributed by atoms with Crippen molar-refractivity contribution in [2.45, 2.75) is 84.3 Å². The van der Waals surface area contributed by atoms with E-state index in [9.17, 15) is 14.4 Å². The molecule has 2 aliphatic heterocycles. The number of benzene rings is 2. The third-order valence-electron chi connectivity index (χ3n) is 9.06. The van der Waals surface area contributed by atoms with E-state index in [0.29, 0.717) is 56.4 Å². The Hall–Kier alpha value is -3.27. The molecule has 2 aromatic rings. The summed E-state index contributed by atoms with van der Waals surface area (Å²) in [6, 6.07) is 16.4. The van der Waals surface area contributed by atoms with Crippen LogP contribution in [0.25, 0.3) is 0 Å². The molecule has 3 unspecified atom stereocenters. The maximum atomic E-state index is 13.6. The molecule has 2 heterocycles. The highest BCUT2D eigenvalue weighted by atomic mass is 16.5. The number of hydrogen-bond acceptors (Lipinski definition) is 7. The number of Topliss-reactive ketones (excluding diaryl/α,β-unsaturated/α-hetero) is 1. The zero-order valence-corrected chi connectivity index (χ0v) is 28.6. The number of piperidine rings is 1. The van der Waals surface area contributed by atoms with Crippen molar-refractivity contribution in [3.05, 3.63) is 54.1 Å². The molecule has 1 N–H and O–H groups in total. The van der Waals surface area contributed by atoms with Crippen molar-refractivity contribution in [1.82, 2.24) is 5.32 Å². The number of anilines is 2. The molecule has 2 aromatic carbocycles. The molecule has 5 rings (SSSR count). The van der Waals surface area contributed by atoms with Crippen LogP contribution in [0.2, 0.25) is 0 Å². The fourth-order valence-electron chi connectivity index (χ4n) is 6.13. The second-order valence-corrected chi connectivity index (χ2v) is 13.2. The van der Waals surface area contributed by atoms with Crippen molar-refractivity contribution in [3.8, 4) is 5.75 Å². The third kappa shape index (κ3) is 9.17. The maximum absolute atomic E-state index is 13.6. The van der Waals surface area contributed by atoms with Crippen molar-refractivity contribution in [1.29, 1.82) is 0 Å². The van der Waals surface area contributed by atoms with Gasteiger partial charge in [0.15, 0.2) is 5.60 Å². The average molecular weight is 636 g/mol. The third-order valence-corrected chi connectivity index (χ3v) is 9.06. The summed E-state index contributed by atoms with van der Waals surface area (Å²) in [5.41, 5.74) is 1.92. The minimum Gasteiger partial charge on any atom is -0.476 e. The summed E-state index contributed by atoms with van der Waals surface area (Å²) in [6.45, 7) is 13.4. The second-order valence-electron chi connectivity index (χ2n) is 13.2. The Balaban J connectivity index is 0.000000310. The lowest BCUT2D eigenvalue weighted by molar-refractivity contribution is -0.132. The number of nitrogens with zero attached hydrogens (tertiary/aromatic N) is 2. The second kappa shape index (κ2) is 16.5. The van der Waals surface area contributed by atoms with Crippen molar-refractivity contribution in [3.63, 3.8) is 0 Å². The molecular weight excluding hydrogens is 582 g/mol. The highest BCUT2D eigenvalue weighted by Gasteiger charge is 2.43. The van der Waals surface area contributed by atoms with Gasteiger partial charge in [0.05, 0.1) is 11.6 Å². The Morgan fingerprint density at radius 1 is 1.09 bits per heavy atom. The van der Waals surface area contributed by atoms with Crippen LogP contribution in [0, 0.1) is 11.8 Å². The summed E-state index contributed by atoms with van der Waals surface area (Å²) in [4.78, 5) is 42.3. The van der Waals surface area contributed by atoms with Gasteiger partial charge in [0.2, 0.25) is 5.91 Å². The average Bonchev–Trinajstić information content (AvgIpc) is 3.89.